The van der Waals surface area contributed by atoms with Crippen LogP contribution in [-0.2, 0) is 11.2 Å². The molecule has 0 aliphatic heterocycles. The van der Waals surface area contributed by atoms with E-state index in [1.54, 1.807) is 11.3 Å². The maximum Gasteiger partial charge on any atom is 0.141 e. The van der Waals surface area contributed by atoms with Gasteiger partial charge in [-0.15, -0.1) is 11.3 Å². The van der Waals surface area contributed by atoms with Crippen LogP contribution in [0.4, 0.5) is 0 Å². The molecule has 2 rings (SSSR count). The first-order chi connectivity index (χ1) is 8.69. The van der Waals surface area contributed by atoms with Crippen molar-refractivity contribution in [2.24, 2.45) is 11.8 Å². The second kappa shape index (κ2) is 6.46. The van der Waals surface area contributed by atoms with E-state index in [1.807, 2.05) is 12.3 Å². The van der Waals surface area contributed by atoms with Gasteiger partial charge in [-0.25, -0.2) is 4.98 Å². The first-order valence-electron chi connectivity index (χ1n) is 7.12. The number of nitrogens with zero attached hydrogens (tertiary/aromatic N) is 1. The number of hydrogen-bond acceptors (Lipinski definition) is 3. The van der Waals surface area contributed by atoms with Gasteiger partial charge in [-0.1, -0.05) is 19.8 Å². The molecule has 1 aliphatic carbocycles. The molecule has 0 spiro atoms. The fourth-order valence-corrected chi connectivity index (χ4v) is 3.61. The highest BCUT2D eigenvalue weighted by Crippen LogP contribution is 2.32. The molecule has 18 heavy (non-hydrogen) atoms. The Morgan fingerprint density at radius 1 is 1.39 bits per heavy atom. The van der Waals surface area contributed by atoms with Crippen LogP contribution < -0.4 is 0 Å². The molecule has 0 atom stereocenters. The first-order valence-corrected chi connectivity index (χ1v) is 8.00. The Morgan fingerprint density at radius 2 is 2.11 bits per heavy atom. The van der Waals surface area contributed by atoms with Gasteiger partial charge in [0.1, 0.15) is 5.78 Å². The zero-order chi connectivity index (χ0) is 13.0. The lowest BCUT2D eigenvalue weighted by molar-refractivity contribution is -0.123. The molecule has 1 aliphatic rings. The highest BCUT2D eigenvalue weighted by Gasteiger charge is 2.25. The Kier molecular flexibility index (Phi) is 4.93. The van der Waals surface area contributed by atoms with Crippen LogP contribution in [0.1, 0.15) is 56.2 Å². The van der Waals surface area contributed by atoms with Crippen molar-refractivity contribution in [1.29, 1.82) is 0 Å². The largest absolute Gasteiger partial charge is 0.299 e. The standard InChI is InChI=1S/C15H23NOS/c1-3-4-12-5-7-13(8-6-12)15(17)9-14-10-18-11(2)16-14/h10,12-13H,3-9H2,1-2H3. The summed E-state index contributed by atoms with van der Waals surface area (Å²) in [6.07, 6.45) is 7.88. The van der Waals surface area contributed by atoms with Gasteiger partial charge in [0.05, 0.1) is 10.7 Å². The monoisotopic (exact) mass is 265 g/mol. The van der Waals surface area contributed by atoms with E-state index in [1.165, 1.54) is 25.7 Å². The van der Waals surface area contributed by atoms with Crippen LogP contribution in [0.2, 0.25) is 0 Å². The van der Waals surface area contributed by atoms with Crippen molar-refractivity contribution in [3.8, 4) is 0 Å². The average Bonchev–Trinajstić information content (AvgIpc) is 2.76. The van der Waals surface area contributed by atoms with Crippen molar-refractivity contribution >= 4 is 17.1 Å². The zero-order valence-electron chi connectivity index (χ0n) is 11.4. The molecule has 1 heterocycles. The number of ketones is 1. The Morgan fingerprint density at radius 3 is 2.67 bits per heavy atom. The summed E-state index contributed by atoms with van der Waals surface area (Å²) < 4.78 is 0. The van der Waals surface area contributed by atoms with Gasteiger partial charge in [-0.3, -0.25) is 4.79 Å². The van der Waals surface area contributed by atoms with Crippen molar-refractivity contribution < 1.29 is 4.79 Å². The van der Waals surface area contributed by atoms with Gasteiger partial charge in [-0.05, 0) is 38.5 Å². The number of carbonyl (C=O) groups excluding carboxylic acids is 1. The molecule has 1 saturated carbocycles. The van der Waals surface area contributed by atoms with E-state index < -0.39 is 0 Å². The molecule has 0 radical (unpaired) electrons. The minimum atomic E-state index is 0.306. The van der Waals surface area contributed by atoms with Crippen LogP contribution in [0.5, 0.6) is 0 Å². The summed E-state index contributed by atoms with van der Waals surface area (Å²) in [5.41, 5.74) is 0.971. The second-order valence-corrected chi connectivity index (χ2v) is 6.57. The van der Waals surface area contributed by atoms with Gasteiger partial charge in [-0.2, -0.15) is 0 Å². The molecule has 1 aromatic heterocycles. The summed E-state index contributed by atoms with van der Waals surface area (Å²) in [7, 11) is 0. The lowest BCUT2D eigenvalue weighted by atomic mass is 9.78. The number of Topliss-reactive ketones (excluding diaryl/α,β-unsaturated/α-hetero) is 1. The first kappa shape index (κ1) is 13.7. The molecule has 3 heteroatoms. The topological polar surface area (TPSA) is 30.0 Å². The SMILES string of the molecule is CCCC1CCC(C(=O)Cc2csc(C)n2)CC1. The summed E-state index contributed by atoms with van der Waals surface area (Å²) in [6, 6.07) is 0. The molecule has 1 aromatic rings. The molecule has 0 unspecified atom stereocenters. The minimum Gasteiger partial charge on any atom is -0.299 e. The molecule has 2 nitrogen and oxygen atoms in total. The fraction of sp³-hybridized carbons (Fsp3) is 0.733. The fourth-order valence-electron chi connectivity index (χ4n) is 2.99. The molecular weight excluding hydrogens is 242 g/mol. The Bertz CT molecular complexity index is 391. The number of rotatable bonds is 5. The zero-order valence-corrected chi connectivity index (χ0v) is 12.3. The molecule has 0 N–H and O–H groups in total. The third-order valence-corrected chi connectivity index (χ3v) is 4.84. The predicted octanol–water partition coefficient (Wildman–Crippen LogP) is 4.17. The molecule has 0 aromatic carbocycles. The summed E-state index contributed by atoms with van der Waals surface area (Å²) in [6.45, 7) is 4.25. The van der Waals surface area contributed by atoms with Crippen molar-refractivity contribution in [3.63, 3.8) is 0 Å². The Labute approximate surface area is 114 Å². The van der Waals surface area contributed by atoms with Crippen LogP contribution in [0.15, 0.2) is 5.38 Å². The van der Waals surface area contributed by atoms with Crippen LogP contribution in [0.3, 0.4) is 0 Å². The number of hydrogen-bond donors (Lipinski definition) is 0. The third-order valence-electron chi connectivity index (χ3n) is 4.02. The normalized spacial score (nSPS) is 24.1. The molecule has 1 fully saturated rings. The van der Waals surface area contributed by atoms with E-state index >= 15 is 0 Å². The van der Waals surface area contributed by atoms with E-state index in [0.717, 1.165) is 29.5 Å². The lowest BCUT2D eigenvalue weighted by Crippen LogP contribution is -2.23. The van der Waals surface area contributed by atoms with Gasteiger partial charge in [0.15, 0.2) is 0 Å². The minimum absolute atomic E-state index is 0.306. The van der Waals surface area contributed by atoms with Gasteiger partial charge in [0, 0.05) is 17.7 Å². The summed E-state index contributed by atoms with van der Waals surface area (Å²) >= 11 is 1.64. The number of aryl methyl sites for hydroxylation is 1. The number of aromatic nitrogens is 1. The summed E-state index contributed by atoms with van der Waals surface area (Å²) in [4.78, 5) is 16.6. The van der Waals surface area contributed by atoms with Gasteiger partial charge < -0.3 is 0 Å². The molecule has 0 saturated heterocycles. The predicted molar refractivity (Wildman–Crippen MR) is 75.9 cm³/mol. The van der Waals surface area contributed by atoms with Crippen molar-refractivity contribution in [2.45, 2.75) is 58.8 Å². The van der Waals surface area contributed by atoms with E-state index in [9.17, 15) is 4.79 Å². The van der Waals surface area contributed by atoms with Crippen LogP contribution in [0, 0.1) is 18.8 Å². The third kappa shape index (κ3) is 3.64. The Hall–Kier alpha value is -0.700. The molecule has 0 bridgehead atoms. The van der Waals surface area contributed by atoms with E-state index in [4.69, 9.17) is 0 Å². The molecular formula is C15H23NOS. The maximum atomic E-state index is 12.2. The summed E-state index contributed by atoms with van der Waals surface area (Å²) in [5.74, 6) is 1.59. The smallest absolute Gasteiger partial charge is 0.141 e. The lowest BCUT2D eigenvalue weighted by Gasteiger charge is -2.27. The van der Waals surface area contributed by atoms with Crippen LogP contribution in [0.25, 0.3) is 0 Å². The van der Waals surface area contributed by atoms with E-state index in [0.29, 0.717) is 18.1 Å². The molecule has 100 valence electrons. The van der Waals surface area contributed by atoms with E-state index in [-0.39, 0.29) is 0 Å². The average molecular weight is 265 g/mol. The van der Waals surface area contributed by atoms with Gasteiger partial charge >= 0.3 is 0 Å². The number of thiazole rings is 1. The maximum absolute atomic E-state index is 12.2. The van der Waals surface area contributed by atoms with Crippen LogP contribution in [-0.4, -0.2) is 10.8 Å². The van der Waals surface area contributed by atoms with Gasteiger partial charge in [0.25, 0.3) is 0 Å². The second-order valence-electron chi connectivity index (χ2n) is 5.51. The highest BCUT2D eigenvalue weighted by molar-refractivity contribution is 7.09. The van der Waals surface area contributed by atoms with Crippen molar-refractivity contribution in [3.05, 3.63) is 16.1 Å². The molecule has 0 amide bonds. The Balaban J connectivity index is 1.80. The van der Waals surface area contributed by atoms with Crippen molar-refractivity contribution in [1.82, 2.24) is 4.98 Å². The highest BCUT2D eigenvalue weighted by atomic mass is 32.1. The quantitative estimate of drug-likeness (QED) is 0.799. The van der Waals surface area contributed by atoms with Crippen LogP contribution >= 0.6 is 11.3 Å². The van der Waals surface area contributed by atoms with E-state index in [2.05, 4.69) is 11.9 Å². The number of carbonyl (C=O) groups is 1. The van der Waals surface area contributed by atoms with Crippen molar-refractivity contribution in [2.75, 3.05) is 0 Å². The van der Waals surface area contributed by atoms with Gasteiger partial charge in [0.2, 0.25) is 0 Å². The summed E-state index contributed by atoms with van der Waals surface area (Å²) in [5, 5.41) is 3.08.